The van der Waals surface area contributed by atoms with Crippen LogP contribution in [0, 0.1) is 5.82 Å². The fourth-order valence-electron chi connectivity index (χ4n) is 3.41. The van der Waals surface area contributed by atoms with Crippen LogP contribution < -0.4 is 15.0 Å². The maximum absolute atomic E-state index is 13.9. The van der Waals surface area contributed by atoms with E-state index < -0.39 is 28.8 Å². The zero-order valence-electron chi connectivity index (χ0n) is 16.4. The first kappa shape index (κ1) is 21.2. The second-order valence-electron chi connectivity index (χ2n) is 6.73. The molecule has 10 heteroatoms. The number of fused-ring (bicyclic) bond motifs is 1. The first-order chi connectivity index (χ1) is 14.7. The molecular weight excluding hydrogens is 436 g/mol. The summed E-state index contributed by atoms with van der Waals surface area (Å²) in [6, 6.07) is 6.91. The average Bonchev–Trinajstić information content (AvgIpc) is 3.23. The molecule has 2 aromatic carbocycles. The van der Waals surface area contributed by atoms with Crippen LogP contribution in [0.15, 0.2) is 46.1 Å². The van der Waals surface area contributed by atoms with E-state index in [0.717, 1.165) is 0 Å². The predicted octanol–water partition coefficient (Wildman–Crippen LogP) is 4.72. The van der Waals surface area contributed by atoms with Crippen molar-refractivity contribution < 1.29 is 27.0 Å². The fourth-order valence-corrected chi connectivity index (χ4v) is 4.58. The van der Waals surface area contributed by atoms with Crippen LogP contribution in [-0.4, -0.2) is 29.8 Å². The minimum Gasteiger partial charge on any atom is -0.497 e. The molecule has 31 heavy (non-hydrogen) atoms. The number of hydrogen-bond donors (Lipinski definition) is 0. The second kappa shape index (κ2) is 7.92. The van der Waals surface area contributed by atoms with Crippen LogP contribution in [0.1, 0.15) is 11.1 Å². The van der Waals surface area contributed by atoms with Gasteiger partial charge in [-0.2, -0.15) is 23.0 Å². The van der Waals surface area contributed by atoms with Gasteiger partial charge in [-0.15, -0.1) is 11.8 Å². The van der Waals surface area contributed by atoms with Gasteiger partial charge in [-0.1, -0.05) is 0 Å². The fraction of sp³-hybridized carbons (Fsp3) is 0.238. The summed E-state index contributed by atoms with van der Waals surface area (Å²) >= 11 is 1.39. The van der Waals surface area contributed by atoms with Crippen LogP contribution in [0.25, 0.3) is 16.9 Å². The van der Waals surface area contributed by atoms with E-state index in [0.29, 0.717) is 68.3 Å². The Morgan fingerprint density at radius 3 is 2.35 bits per heavy atom. The van der Waals surface area contributed by atoms with Gasteiger partial charge in [-0.05, 0) is 30.7 Å². The number of benzene rings is 2. The van der Waals surface area contributed by atoms with Gasteiger partial charge in [0.1, 0.15) is 23.0 Å². The summed E-state index contributed by atoms with van der Waals surface area (Å²) in [6.45, 7) is 0. The highest BCUT2D eigenvalue weighted by Gasteiger charge is 2.35. The molecule has 0 amide bonds. The lowest BCUT2D eigenvalue weighted by Gasteiger charge is -2.17. The van der Waals surface area contributed by atoms with Gasteiger partial charge in [0.25, 0.3) is 5.56 Å². The molecule has 0 unspecified atom stereocenters. The molecule has 162 valence electrons. The van der Waals surface area contributed by atoms with E-state index in [1.165, 1.54) is 26.0 Å². The SMILES string of the molecule is COc1cc(OC)cc(-c2nn(-c3cc(F)ccc3C(F)(F)F)c(=O)c3c2SCC3)c1. The number of alkyl halides is 3. The van der Waals surface area contributed by atoms with Crippen LogP contribution in [-0.2, 0) is 12.6 Å². The minimum absolute atomic E-state index is 0.298. The quantitative estimate of drug-likeness (QED) is 0.536. The maximum atomic E-state index is 13.9. The number of aromatic nitrogens is 2. The summed E-state index contributed by atoms with van der Waals surface area (Å²) in [5.74, 6) is 0.579. The molecule has 1 aliphatic rings. The molecule has 0 saturated heterocycles. The van der Waals surface area contributed by atoms with Crippen LogP contribution in [0.2, 0.25) is 0 Å². The van der Waals surface area contributed by atoms with Crippen molar-refractivity contribution in [2.45, 2.75) is 17.5 Å². The average molecular weight is 452 g/mol. The third-order valence-electron chi connectivity index (χ3n) is 4.86. The summed E-state index contributed by atoms with van der Waals surface area (Å²) in [5, 5.41) is 4.26. The van der Waals surface area contributed by atoms with E-state index in [9.17, 15) is 22.4 Å². The largest absolute Gasteiger partial charge is 0.497 e. The Morgan fingerprint density at radius 1 is 1.06 bits per heavy atom. The molecular formula is C21H16F4N2O3S. The molecule has 1 aromatic heterocycles. The lowest BCUT2D eigenvalue weighted by molar-refractivity contribution is -0.137. The van der Waals surface area contributed by atoms with E-state index in [-0.39, 0.29) is 0 Å². The zero-order chi connectivity index (χ0) is 22.3. The number of halogens is 4. The highest BCUT2D eigenvalue weighted by atomic mass is 32.2. The van der Waals surface area contributed by atoms with E-state index in [1.807, 2.05) is 0 Å². The zero-order valence-corrected chi connectivity index (χ0v) is 17.2. The number of thioether (sulfide) groups is 1. The van der Waals surface area contributed by atoms with Crippen molar-refractivity contribution in [1.29, 1.82) is 0 Å². The van der Waals surface area contributed by atoms with Crippen molar-refractivity contribution in [2.75, 3.05) is 20.0 Å². The lowest BCUT2D eigenvalue weighted by atomic mass is 10.1. The van der Waals surface area contributed by atoms with Gasteiger partial charge >= 0.3 is 6.18 Å². The number of ether oxygens (including phenoxy) is 2. The molecule has 3 aromatic rings. The van der Waals surface area contributed by atoms with Gasteiger partial charge in [0, 0.05) is 33.9 Å². The van der Waals surface area contributed by atoms with Gasteiger partial charge in [0.2, 0.25) is 0 Å². The van der Waals surface area contributed by atoms with Crippen LogP contribution >= 0.6 is 11.8 Å². The summed E-state index contributed by atoms with van der Waals surface area (Å²) in [6.07, 6.45) is -4.43. The maximum Gasteiger partial charge on any atom is 0.418 e. The van der Waals surface area contributed by atoms with Crippen molar-refractivity contribution in [1.82, 2.24) is 9.78 Å². The summed E-state index contributed by atoms with van der Waals surface area (Å²) in [5.41, 5.74) is -1.37. The number of hydrogen-bond acceptors (Lipinski definition) is 5. The molecule has 0 aliphatic carbocycles. The monoisotopic (exact) mass is 452 g/mol. The standard InChI is InChI=1S/C21H16F4N2O3S/c1-29-13-7-11(8-14(10-13)30-2)18-19-15(5-6-31-19)20(28)27(26-18)17-9-12(22)3-4-16(17)21(23,24)25/h3-4,7-10H,5-6H2,1-2H3. The van der Waals surface area contributed by atoms with Crippen molar-refractivity contribution in [3.8, 4) is 28.4 Å². The number of methoxy groups -OCH3 is 2. The Morgan fingerprint density at radius 2 is 1.74 bits per heavy atom. The van der Waals surface area contributed by atoms with Gasteiger partial charge in [0.05, 0.1) is 25.5 Å². The van der Waals surface area contributed by atoms with Crippen LogP contribution in [0.3, 0.4) is 0 Å². The molecule has 0 bridgehead atoms. The normalized spacial score (nSPS) is 13.2. The summed E-state index contributed by atoms with van der Waals surface area (Å²) in [4.78, 5) is 13.6. The Bertz CT molecular complexity index is 1200. The topological polar surface area (TPSA) is 53.4 Å². The molecule has 0 radical (unpaired) electrons. The Hall–Kier alpha value is -3.01. The first-order valence-corrected chi connectivity index (χ1v) is 10.1. The highest BCUT2D eigenvalue weighted by molar-refractivity contribution is 7.99. The molecule has 0 atom stereocenters. The van der Waals surface area contributed by atoms with E-state index in [1.54, 1.807) is 18.2 Å². The molecule has 0 fully saturated rings. The summed E-state index contributed by atoms with van der Waals surface area (Å²) < 4.78 is 65.9. The molecule has 2 heterocycles. The van der Waals surface area contributed by atoms with Gasteiger partial charge in [0.15, 0.2) is 0 Å². The Kier molecular flexibility index (Phi) is 5.42. The summed E-state index contributed by atoms with van der Waals surface area (Å²) in [7, 11) is 2.93. The predicted molar refractivity (Wildman–Crippen MR) is 108 cm³/mol. The minimum atomic E-state index is -4.79. The molecule has 0 spiro atoms. The van der Waals surface area contributed by atoms with Gasteiger partial charge < -0.3 is 9.47 Å². The van der Waals surface area contributed by atoms with E-state index in [4.69, 9.17) is 9.47 Å². The van der Waals surface area contributed by atoms with Crippen molar-refractivity contribution in [2.24, 2.45) is 0 Å². The first-order valence-electron chi connectivity index (χ1n) is 9.12. The highest BCUT2D eigenvalue weighted by Crippen LogP contribution is 2.40. The van der Waals surface area contributed by atoms with Crippen molar-refractivity contribution >= 4 is 11.8 Å². The third kappa shape index (κ3) is 3.87. The van der Waals surface area contributed by atoms with Gasteiger partial charge in [-0.25, -0.2) is 4.39 Å². The van der Waals surface area contributed by atoms with E-state index >= 15 is 0 Å². The molecule has 5 nitrogen and oxygen atoms in total. The molecule has 0 saturated carbocycles. The molecule has 0 N–H and O–H groups in total. The Balaban J connectivity index is 2.03. The van der Waals surface area contributed by atoms with Crippen LogP contribution in [0.4, 0.5) is 17.6 Å². The third-order valence-corrected chi connectivity index (χ3v) is 5.99. The molecule has 4 rings (SSSR count). The van der Waals surface area contributed by atoms with E-state index in [2.05, 4.69) is 5.10 Å². The number of nitrogens with zero attached hydrogens (tertiary/aromatic N) is 2. The number of rotatable bonds is 4. The van der Waals surface area contributed by atoms with Gasteiger partial charge in [-0.3, -0.25) is 4.79 Å². The van der Waals surface area contributed by atoms with Crippen molar-refractivity contribution in [3.63, 3.8) is 0 Å². The lowest BCUT2D eigenvalue weighted by Crippen LogP contribution is -2.27. The molecule has 1 aliphatic heterocycles. The van der Waals surface area contributed by atoms with Crippen LogP contribution in [0.5, 0.6) is 11.5 Å². The Labute approximate surface area is 178 Å². The smallest absolute Gasteiger partial charge is 0.418 e. The van der Waals surface area contributed by atoms with Crippen molar-refractivity contribution in [3.05, 3.63) is 63.7 Å². The second-order valence-corrected chi connectivity index (χ2v) is 7.84.